The number of aliphatic hydroxyl groups excluding tert-OH is 2. The molecule has 3 atom stereocenters. The summed E-state index contributed by atoms with van der Waals surface area (Å²) in [5.74, 6) is 1.09. The highest BCUT2D eigenvalue weighted by Crippen LogP contribution is 2.24. The Balaban J connectivity index is 1.51. The van der Waals surface area contributed by atoms with Crippen LogP contribution in [0.3, 0.4) is 0 Å². The molecule has 5 heteroatoms. The van der Waals surface area contributed by atoms with Gasteiger partial charge in [0.2, 0.25) is 0 Å². The lowest BCUT2D eigenvalue weighted by Crippen LogP contribution is -2.35. The average molecular weight is 269 g/mol. The summed E-state index contributed by atoms with van der Waals surface area (Å²) in [6, 6.07) is 3.65. The molecule has 1 aliphatic carbocycles. The first-order chi connectivity index (χ1) is 9.25. The van der Waals surface area contributed by atoms with Crippen molar-refractivity contribution in [1.82, 2.24) is 5.32 Å². The van der Waals surface area contributed by atoms with Crippen molar-refractivity contribution < 1.29 is 19.4 Å². The molecular formula is C14H23NO4. The van der Waals surface area contributed by atoms with Crippen LogP contribution in [0.2, 0.25) is 0 Å². The summed E-state index contributed by atoms with van der Waals surface area (Å²) in [6.45, 7) is 1.91. The molecule has 1 aromatic heterocycles. The zero-order valence-electron chi connectivity index (χ0n) is 11.1. The van der Waals surface area contributed by atoms with Gasteiger partial charge in [-0.1, -0.05) is 6.42 Å². The van der Waals surface area contributed by atoms with Crippen LogP contribution in [0.1, 0.15) is 25.0 Å². The monoisotopic (exact) mass is 269 g/mol. The summed E-state index contributed by atoms with van der Waals surface area (Å²) >= 11 is 0. The minimum absolute atomic E-state index is 0.181. The fourth-order valence-corrected chi connectivity index (χ4v) is 2.44. The summed E-state index contributed by atoms with van der Waals surface area (Å²) in [6.07, 6.45) is 3.96. The van der Waals surface area contributed by atoms with Gasteiger partial charge in [0.15, 0.2) is 0 Å². The number of aliphatic hydroxyl groups is 2. The lowest BCUT2D eigenvalue weighted by atomic mass is 10.1. The average Bonchev–Trinajstić information content (AvgIpc) is 3.02. The molecule has 1 fully saturated rings. The lowest BCUT2D eigenvalue weighted by Gasteiger charge is -2.17. The number of hydrogen-bond acceptors (Lipinski definition) is 5. The third kappa shape index (κ3) is 4.95. The van der Waals surface area contributed by atoms with E-state index in [9.17, 15) is 10.2 Å². The van der Waals surface area contributed by atoms with Gasteiger partial charge < -0.3 is 24.7 Å². The van der Waals surface area contributed by atoms with Crippen molar-refractivity contribution in [3.05, 3.63) is 24.2 Å². The Bertz CT molecular complexity index is 341. The van der Waals surface area contributed by atoms with E-state index < -0.39 is 6.10 Å². The second-order valence-corrected chi connectivity index (χ2v) is 5.16. The largest absolute Gasteiger partial charge is 0.467 e. The Labute approximate surface area is 113 Å². The molecule has 0 amide bonds. The van der Waals surface area contributed by atoms with Crippen LogP contribution in [0.15, 0.2) is 22.8 Å². The van der Waals surface area contributed by atoms with Crippen molar-refractivity contribution in [2.45, 2.75) is 38.1 Å². The highest BCUT2D eigenvalue weighted by molar-refractivity contribution is 4.96. The molecule has 0 spiro atoms. The van der Waals surface area contributed by atoms with E-state index in [1.54, 1.807) is 6.26 Å². The number of furan rings is 1. The molecule has 1 saturated carbocycles. The Hall–Kier alpha value is -0.880. The molecule has 19 heavy (non-hydrogen) atoms. The van der Waals surface area contributed by atoms with Gasteiger partial charge in [-0.05, 0) is 30.9 Å². The highest BCUT2D eigenvalue weighted by atomic mass is 16.5. The molecule has 0 aromatic carbocycles. The van der Waals surface area contributed by atoms with Gasteiger partial charge in [0.1, 0.15) is 12.4 Å². The molecule has 3 N–H and O–H groups in total. The quantitative estimate of drug-likeness (QED) is 0.654. The van der Waals surface area contributed by atoms with Crippen LogP contribution in [0.4, 0.5) is 0 Å². The van der Waals surface area contributed by atoms with E-state index in [1.165, 1.54) is 0 Å². The van der Waals surface area contributed by atoms with Crippen LogP contribution in [0, 0.1) is 5.92 Å². The second-order valence-electron chi connectivity index (χ2n) is 5.16. The third-order valence-corrected chi connectivity index (χ3v) is 3.54. The maximum absolute atomic E-state index is 9.74. The van der Waals surface area contributed by atoms with Crippen molar-refractivity contribution in [3.63, 3.8) is 0 Å². The standard InChI is InChI=1S/C14H23NO4/c16-12(9-18-10-13-4-2-6-19-13)8-15-7-11-3-1-5-14(11)17/h2,4,6,11-12,14-17H,1,3,5,7-10H2. The maximum Gasteiger partial charge on any atom is 0.129 e. The molecule has 1 heterocycles. The lowest BCUT2D eigenvalue weighted by molar-refractivity contribution is 0.0216. The first-order valence-corrected chi connectivity index (χ1v) is 6.92. The van der Waals surface area contributed by atoms with Crippen molar-refractivity contribution in [2.75, 3.05) is 19.7 Å². The fraction of sp³-hybridized carbons (Fsp3) is 0.714. The zero-order valence-corrected chi connectivity index (χ0v) is 11.1. The van der Waals surface area contributed by atoms with Gasteiger partial charge in [-0.3, -0.25) is 0 Å². The van der Waals surface area contributed by atoms with Crippen LogP contribution in [-0.4, -0.2) is 42.1 Å². The predicted molar refractivity (Wildman–Crippen MR) is 70.6 cm³/mol. The Morgan fingerprint density at radius 2 is 2.37 bits per heavy atom. The van der Waals surface area contributed by atoms with E-state index >= 15 is 0 Å². The molecule has 0 bridgehead atoms. The van der Waals surface area contributed by atoms with Crippen LogP contribution in [0.25, 0.3) is 0 Å². The molecule has 0 saturated heterocycles. The molecule has 0 radical (unpaired) electrons. The topological polar surface area (TPSA) is 74.9 Å². The number of ether oxygens (including phenoxy) is 1. The molecule has 2 rings (SSSR count). The molecular weight excluding hydrogens is 246 g/mol. The zero-order chi connectivity index (χ0) is 13.5. The summed E-state index contributed by atoms with van der Waals surface area (Å²) in [5, 5.41) is 22.6. The normalized spacial score (nSPS) is 24.7. The molecule has 3 unspecified atom stereocenters. The van der Waals surface area contributed by atoms with Gasteiger partial charge >= 0.3 is 0 Å². The molecule has 108 valence electrons. The molecule has 1 aliphatic rings. The first-order valence-electron chi connectivity index (χ1n) is 6.92. The smallest absolute Gasteiger partial charge is 0.129 e. The fourth-order valence-electron chi connectivity index (χ4n) is 2.44. The number of hydrogen-bond donors (Lipinski definition) is 3. The van der Waals surface area contributed by atoms with Crippen molar-refractivity contribution in [1.29, 1.82) is 0 Å². The number of nitrogens with one attached hydrogen (secondary N) is 1. The van der Waals surface area contributed by atoms with Gasteiger partial charge in [-0.15, -0.1) is 0 Å². The van der Waals surface area contributed by atoms with Gasteiger partial charge in [0.25, 0.3) is 0 Å². The van der Waals surface area contributed by atoms with E-state index in [0.717, 1.165) is 31.6 Å². The third-order valence-electron chi connectivity index (χ3n) is 3.54. The Kier molecular flexibility index (Phi) is 5.85. The summed E-state index contributed by atoms with van der Waals surface area (Å²) in [7, 11) is 0. The predicted octanol–water partition coefficient (Wildman–Crippen LogP) is 0.908. The van der Waals surface area contributed by atoms with Gasteiger partial charge in [-0.2, -0.15) is 0 Å². The van der Waals surface area contributed by atoms with E-state index in [4.69, 9.17) is 9.15 Å². The number of rotatable bonds is 8. The van der Waals surface area contributed by atoms with Crippen molar-refractivity contribution >= 4 is 0 Å². The summed E-state index contributed by atoms with van der Waals surface area (Å²) in [4.78, 5) is 0. The van der Waals surface area contributed by atoms with Crippen molar-refractivity contribution in [2.24, 2.45) is 5.92 Å². The van der Waals surface area contributed by atoms with E-state index in [0.29, 0.717) is 19.1 Å². The summed E-state index contributed by atoms with van der Waals surface area (Å²) < 4.78 is 10.5. The van der Waals surface area contributed by atoms with Crippen molar-refractivity contribution in [3.8, 4) is 0 Å². The first kappa shape index (κ1) is 14.5. The summed E-state index contributed by atoms with van der Waals surface area (Å²) in [5.41, 5.74) is 0. The highest BCUT2D eigenvalue weighted by Gasteiger charge is 2.24. The van der Waals surface area contributed by atoms with E-state index in [1.807, 2.05) is 12.1 Å². The second kappa shape index (κ2) is 7.65. The van der Waals surface area contributed by atoms with Crippen LogP contribution >= 0.6 is 0 Å². The molecule has 0 aliphatic heterocycles. The van der Waals surface area contributed by atoms with Crippen LogP contribution < -0.4 is 5.32 Å². The van der Waals surface area contributed by atoms with Gasteiger partial charge in [0.05, 0.1) is 25.1 Å². The maximum atomic E-state index is 9.74. The van der Waals surface area contributed by atoms with E-state index in [-0.39, 0.29) is 12.7 Å². The SMILES string of the molecule is OC(CNCC1CCCC1O)COCc1ccco1. The minimum Gasteiger partial charge on any atom is -0.467 e. The Morgan fingerprint density at radius 1 is 1.47 bits per heavy atom. The molecule has 5 nitrogen and oxygen atoms in total. The van der Waals surface area contributed by atoms with Crippen LogP contribution in [-0.2, 0) is 11.3 Å². The van der Waals surface area contributed by atoms with Gasteiger partial charge in [0, 0.05) is 13.1 Å². The van der Waals surface area contributed by atoms with Crippen LogP contribution in [0.5, 0.6) is 0 Å². The Morgan fingerprint density at radius 3 is 3.05 bits per heavy atom. The van der Waals surface area contributed by atoms with Gasteiger partial charge in [-0.25, -0.2) is 0 Å². The minimum atomic E-state index is -0.534. The van der Waals surface area contributed by atoms with E-state index in [2.05, 4.69) is 5.32 Å². The molecule has 1 aromatic rings.